The van der Waals surface area contributed by atoms with Gasteiger partial charge in [0.15, 0.2) is 0 Å². The van der Waals surface area contributed by atoms with Gasteiger partial charge < -0.3 is 19.0 Å². The molecule has 4 aromatic rings. The van der Waals surface area contributed by atoms with Crippen molar-refractivity contribution in [3.63, 3.8) is 0 Å². The zero-order valence-electron chi connectivity index (χ0n) is 19.7. The molecule has 35 heavy (non-hydrogen) atoms. The quantitative estimate of drug-likeness (QED) is 0.225. The van der Waals surface area contributed by atoms with Crippen molar-refractivity contribution >= 4 is 45.1 Å². The van der Waals surface area contributed by atoms with Gasteiger partial charge in [-0.1, -0.05) is 11.6 Å². The van der Waals surface area contributed by atoms with Crippen LogP contribution in [0.3, 0.4) is 0 Å². The van der Waals surface area contributed by atoms with Crippen LogP contribution in [0.25, 0.3) is 21.9 Å². The number of hydrogen-bond acceptors (Lipinski definition) is 6. The molecule has 1 N–H and O–H groups in total. The van der Waals surface area contributed by atoms with Gasteiger partial charge in [-0.25, -0.2) is 9.59 Å². The second-order valence-corrected chi connectivity index (χ2v) is 9.35. The van der Waals surface area contributed by atoms with Gasteiger partial charge in [0, 0.05) is 60.8 Å². The van der Waals surface area contributed by atoms with Crippen LogP contribution < -0.4 is 10.5 Å². The number of ether oxygens (including phenoxy) is 1. The maximum absolute atomic E-state index is 11.9. The molecular weight excluding hydrogens is 466 g/mol. The summed E-state index contributed by atoms with van der Waals surface area (Å²) < 4.78 is 10.1. The molecule has 1 aliphatic rings. The van der Waals surface area contributed by atoms with Gasteiger partial charge in [-0.05, 0) is 61.7 Å². The largest absolute Gasteiger partial charge is 0.465 e. The Bertz CT molecular complexity index is 1420. The first kappa shape index (κ1) is 23.5. The third-order valence-electron chi connectivity index (χ3n) is 6.76. The van der Waals surface area contributed by atoms with Crippen LogP contribution in [0.15, 0.2) is 57.9 Å². The summed E-state index contributed by atoms with van der Waals surface area (Å²) in [6.45, 7) is 4.82. The summed E-state index contributed by atoms with van der Waals surface area (Å²) in [5.41, 5.74) is 3.98. The Morgan fingerprint density at radius 1 is 1.09 bits per heavy atom. The minimum absolute atomic E-state index is 0.310. The molecule has 0 radical (unpaired) electrons. The number of halogens is 1. The van der Waals surface area contributed by atoms with Crippen LogP contribution in [0.4, 0.5) is 5.69 Å². The van der Waals surface area contributed by atoms with E-state index in [1.54, 1.807) is 18.2 Å². The van der Waals surface area contributed by atoms with Crippen molar-refractivity contribution in [3.05, 3.63) is 75.2 Å². The van der Waals surface area contributed by atoms with Crippen molar-refractivity contribution in [3.8, 4) is 0 Å². The molecule has 0 spiro atoms. The summed E-state index contributed by atoms with van der Waals surface area (Å²) >= 11 is 6.51. The number of esters is 1. The number of methoxy groups -OCH3 is 1. The van der Waals surface area contributed by atoms with E-state index in [0.717, 1.165) is 74.0 Å². The highest BCUT2D eigenvalue weighted by Gasteiger charge is 2.19. The van der Waals surface area contributed by atoms with E-state index in [1.807, 2.05) is 24.4 Å². The van der Waals surface area contributed by atoms with Gasteiger partial charge in [0.25, 0.3) is 0 Å². The minimum atomic E-state index is -0.370. The van der Waals surface area contributed by atoms with E-state index in [4.69, 9.17) is 20.8 Å². The highest BCUT2D eigenvalue weighted by molar-refractivity contribution is 6.34. The third-order valence-corrected chi connectivity index (χ3v) is 7.06. The molecule has 182 valence electrons. The monoisotopic (exact) mass is 493 g/mol. The summed E-state index contributed by atoms with van der Waals surface area (Å²) in [4.78, 5) is 31.4. The van der Waals surface area contributed by atoms with Gasteiger partial charge in [-0.2, -0.15) is 0 Å². The number of unbranched alkanes of at least 4 members (excludes halogenated alkanes) is 1. The number of aromatic amines is 1. The number of hydrogen-bond donors (Lipinski definition) is 1. The van der Waals surface area contributed by atoms with Crippen LogP contribution in [-0.2, 0) is 11.2 Å². The Balaban J connectivity index is 1.13. The SMILES string of the molecule is COC(=O)c1ccc2[nH]cc(CCCCN3CCN(c4cc5ccc(=O)oc5cc4Cl)CC3)c2c1. The number of aryl methyl sites for hydroxylation is 1. The first-order valence-electron chi connectivity index (χ1n) is 11.9. The van der Waals surface area contributed by atoms with E-state index in [-0.39, 0.29) is 11.6 Å². The molecular formula is C27H28ClN3O4. The second-order valence-electron chi connectivity index (χ2n) is 8.95. The molecule has 0 saturated carbocycles. The van der Waals surface area contributed by atoms with Crippen LogP contribution in [0.2, 0.25) is 5.02 Å². The standard InChI is InChI=1S/C27H28ClN3O4/c1-34-27(33)19-5-7-23-21(14-19)20(17-29-23)4-2-3-9-30-10-12-31(13-11-30)24-15-18-6-8-26(32)35-25(18)16-22(24)28/h5-8,14-17,29H,2-4,9-13H2,1H3. The lowest BCUT2D eigenvalue weighted by molar-refractivity contribution is 0.0601. The van der Waals surface area contributed by atoms with Crippen LogP contribution in [0, 0.1) is 0 Å². The fraction of sp³-hybridized carbons (Fsp3) is 0.333. The van der Waals surface area contributed by atoms with E-state index >= 15 is 0 Å². The number of piperazine rings is 1. The maximum Gasteiger partial charge on any atom is 0.337 e. The van der Waals surface area contributed by atoms with Gasteiger partial charge in [0.1, 0.15) is 5.58 Å². The van der Waals surface area contributed by atoms with Gasteiger partial charge in [-0.3, -0.25) is 4.90 Å². The summed E-state index contributed by atoms with van der Waals surface area (Å²) in [5, 5.41) is 2.57. The molecule has 3 heterocycles. The zero-order chi connectivity index (χ0) is 24.4. The van der Waals surface area contributed by atoms with Crippen LogP contribution >= 0.6 is 11.6 Å². The molecule has 1 saturated heterocycles. The van der Waals surface area contributed by atoms with Crippen molar-refractivity contribution in [2.24, 2.45) is 0 Å². The highest BCUT2D eigenvalue weighted by atomic mass is 35.5. The fourth-order valence-corrected chi connectivity index (χ4v) is 5.09. The van der Waals surface area contributed by atoms with Crippen molar-refractivity contribution in [2.75, 3.05) is 44.7 Å². The third kappa shape index (κ3) is 5.06. The number of aromatic nitrogens is 1. The smallest absolute Gasteiger partial charge is 0.337 e. The van der Waals surface area contributed by atoms with Gasteiger partial charge in [-0.15, -0.1) is 0 Å². The van der Waals surface area contributed by atoms with E-state index in [0.29, 0.717) is 16.2 Å². The topological polar surface area (TPSA) is 78.8 Å². The Morgan fingerprint density at radius 2 is 1.91 bits per heavy atom. The summed E-state index contributed by atoms with van der Waals surface area (Å²) in [5.74, 6) is -0.310. The molecule has 0 unspecified atom stereocenters. The fourth-order valence-electron chi connectivity index (χ4n) is 4.81. The summed E-state index contributed by atoms with van der Waals surface area (Å²) in [7, 11) is 1.40. The molecule has 0 aliphatic carbocycles. The predicted molar refractivity (Wildman–Crippen MR) is 139 cm³/mol. The number of carbonyl (C=O) groups is 1. The van der Waals surface area contributed by atoms with Gasteiger partial charge in [0.2, 0.25) is 0 Å². The number of benzene rings is 2. The predicted octanol–water partition coefficient (Wildman–Crippen LogP) is 4.86. The lowest BCUT2D eigenvalue weighted by Crippen LogP contribution is -2.46. The molecule has 8 heteroatoms. The highest BCUT2D eigenvalue weighted by Crippen LogP contribution is 2.31. The van der Waals surface area contributed by atoms with E-state index in [9.17, 15) is 9.59 Å². The second kappa shape index (κ2) is 10.1. The number of rotatable bonds is 7. The Hall–Kier alpha value is -3.29. The Morgan fingerprint density at radius 3 is 2.71 bits per heavy atom. The molecule has 0 amide bonds. The summed E-state index contributed by atoms with van der Waals surface area (Å²) in [6, 6.07) is 12.6. The lowest BCUT2D eigenvalue weighted by atomic mass is 10.0. The number of fused-ring (bicyclic) bond motifs is 2. The van der Waals surface area contributed by atoms with Crippen LogP contribution in [0.1, 0.15) is 28.8 Å². The molecule has 5 rings (SSSR count). The maximum atomic E-state index is 11.9. The van der Waals surface area contributed by atoms with Crippen LogP contribution in [0.5, 0.6) is 0 Å². The van der Waals surface area contributed by atoms with E-state index in [2.05, 4.69) is 14.8 Å². The number of anilines is 1. The normalized spacial score (nSPS) is 14.6. The molecule has 2 aromatic heterocycles. The first-order valence-corrected chi connectivity index (χ1v) is 12.3. The molecule has 0 bridgehead atoms. The molecule has 2 aromatic carbocycles. The van der Waals surface area contributed by atoms with Crippen molar-refractivity contribution in [2.45, 2.75) is 19.3 Å². The number of nitrogens with one attached hydrogen (secondary N) is 1. The van der Waals surface area contributed by atoms with Crippen molar-refractivity contribution in [1.29, 1.82) is 0 Å². The average molecular weight is 494 g/mol. The van der Waals surface area contributed by atoms with Gasteiger partial charge >= 0.3 is 11.6 Å². The number of carbonyl (C=O) groups excluding carboxylic acids is 1. The van der Waals surface area contributed by atoms with Crippen molar-refractivity contribution < 1.29 is 13.9 Å². The number of H-pyrrole nitrogens is 1. The molecule has 0 atom stereocenters. The van der Waals surface area contributed by atoms with E-state index in [1.165, 1.54) is 18.7 Å². The van der Waals surface area contributed by atoms with Crippen molar-refractivity contribution in [1.82, 2.24) is 9.88 Å². The zero-order valence-corrected chi connectivity index (χ0v) is 20.4. The average Bonchev–Trinajstić information content (AvgIpc) is 3.28. The summed E-state index contributed by atoms with van der Waals surface area (Å²) in [6.07, 6.45) is 5.20. The first-order chi connectivity index (χ1) is 17.0. The molecule has 1 fully saturated rings. The molecule has 7 nitrogen and oxygen atoms in total. The van der Waals surface area contributed by atoms with Crippen LogP contribution in [-0.4, -0.2) is 55.7 Å². The minimum Gasteiger partial charge on any atom is -0.465 e. The lowest BCUT2D eigenvalue weighted by Gasteiger charge is -2.36. The van der Waals surface area contributed by atoms with Gasteiger partial charge in [0.05, 0.1) is 23.4 Å². The molecule has 1 aliphatic heterocycles. The Kier molecular flexibility index (Phi) is 6.79. The number of nitrogens with zero attached hydrogens (tertiary/aromatic N) is 2. The Labute approximate surface area is 208 Å². The van der Waals surface area contributed by atoms with E-state index < -0.39 is 0 Å².